The molecule has 0 radical (unpaired) electrons. The Bertz CT molecular complexity index is 491. The average Bonchev–Trinajstić information content (AvgIpc) is 2.62. The van der Waals surface area contributed by atoms with Gasteiger partial charge in [-0.15, -0.1) is 0 Å². The van der Waals surface area contributed by atoms with Gasteiger partial charge in [-0.1, -0.05) is 41.9 Å². The number of carbonyl (C=O) groups is 1. The SMILES string of the molecule is CC(=O)n1nc(-c2ccccc2)cc1Cl. The topological polar surface area (TPSA) is 34.9 Å². The summed E-state index contributed by atoms with van der Waals surface area (Å²) >= 11 is 5.87. The second-order valence-electron chi connectivity index (χ2n) is 3.15. The minimum absolute atomic E-state index is 0.192. The van der Waals surface area contributed by atoms with E-state index in [1.165, 1.54) is 11.6 Å². The van der Waals surface area contributed by atoms with Crippen LogP contribution in [-0.2, 0) is 0 Å². The minimum Gasteiger partial charge on any atom is -0.273 e. The van der Waals surface area contributed by atoms with E-state index in [4.69, 9.17) is 11.6 Å². The van der Waals surface area contributed by atoms with Crippen molar-refractivity contribution in [1.29, 1.82) is 0 Å². The maximum Gasteiger partial charge on any atom is 0.245 e. The van der Waals surface area contributed by atoms with E-state index in [0.29, 0.717) is 10.8 Å². The van der Waals surface area contributed by atoms with Crippen LogP contribution in [0, 0.1) is 0 Å². The number of rotatable bonds is 1. The molecule has 0 fully saturated rings. The van der Waals surface area contributed by atoms with Gasteiger partial charge in [0.2, 0.25) is 5.91 Å². The Hall–Kier alpha value is -1.61. The molecule has 0 atom stereocenters. The Morgan fingerprint density at radius 1 is 1.33 bits per heavy atom. The van der Waals surface area contributed by atoms with Gasteiger partial charge in [0.05, 0.1) is 5.69 Å². The van der Waals surface area contributed by atoms with Crippen LogP contribution in [0.25, 0.3) is 11.3 Å². The summed E-state index contributed by atoms with van der Waals surface area (Å²) in [5.74, 6) is -0.192. The third-order valence-electron chi connectivity index (χ3n) is 2.03. The highest BCUT2D eigenvalue weighted by Crippen LogP contribution is 2.21. The number of halogens is 1. The van der Waals surface area contributed by atoms with Gasteiger partial charge >= 0.3 is 0 Å². The minimum atomic E-state index is -0.192. The quantitative estimate of drug-likeness (QED) is 0.741. The summed E-state index contributed by atoms with van der Waals surface area (Å²) < 4.78 is 1.18. The van der Waals surface area contributed by atoms with E-state index in [9.17, 15) is 4.79 Å². The standard InChI is InChI=1S/C11H9ClN2O/c1-8(15)14-11(12)7-10(13-14)9-5-3-2-4-6-9/h2-7H,1H3. The molecule has 1 heterocycles. The van der Waals surface area contributed by atoms with Crippen molar-refractivity contribution in [2.24, 2.45) is 0 Å². The van der Waals surface area contributed by atoms with E-state index in [-0.39, 0.29) is 5.91 Å². The summed E-state index contributed by atoms with van der Waals surface area (Å²) in [5.41, 5.74) is 1.65. The predicted octanol–water partition coefficient (Wildman–Crippen LogP) is 2.86. The molecular formula is C11H9ClN2O. The van der Waals surface area contributed by atoms with Gasteiger partial charge in [0.1, 0.15) is 5.15 Å². The molecule has 2 aromatic rings. The molecule has 1 aromatic carbocycles. The zero-order valence-electron chi connectivity index (χ0n) is 8.14. The van der Waals surface area contributed by atoms with E-state index in [2.05, 4.69) is 5.10 Å². The number of aromatic nitrogens is 2. The molecule has 0 amide bonds. The van der Waals surface area contributed by atoms with Crippen LogP contribution in [0.2, 0.25) is 5.15 Å². The van der Waals surface area contributed by atoms with Gasteiger partial charge < -0.3 is 0 Å². The van der Waals surface area contributed by atoms with Gasteiger partial charge in [0, 0.05) is 18.6 Å². The fraction of sp³-hybridized carbons (Fsp3) is 0.0909. The lowest BCUT2D eigenvalue weighted by Gasteiger charge is -1.95. The van der Waals surface area contributed by atoms with Crippen LogP contribution >= 0.6 is 11.6 Å². The summed E-state index contributed by atoms with van der Waals surface area (Å²) in [6, 6.07) is 11.3. The van der Waals surface area contributed by atoms with Crippen LogP contribution < -0.4 is 0 Å². The number of nitrogens with zero attached hydrogens (tertiary/aromatic N) is 2. The van der Waals surface area contributed by atoms with Crippen molar-refractivity contribution < 1.29 is 4.79 Å². The lowest BCUT2D eigenvalue weighted by atomic mass is 10.2. The maximum atomic E-state index is 11.1. The fourth-order valence-corrected chi connectivity index (χ4v) is 1.59. The van der Waals surface area contributed by atoms with Crippen LogP contribution in [0.1, 0.15) is 11.7 Å². The van der Waals surface area contributed by atoms with Gasteiger partial charge in [0.15, 0.2) is 0 Å². The van der Waals surface area contributed by atoms with Crippen LogP contribution in [0.15, 0.2) is 36.4 Å². The number of hydrogen-bond donors (Lipinski definition) is 0. The van der Waals surface area contributed by atoms with Crippen LogP contribution in [-0.4, -0.2) is 15.7 Å². The molecule has 0 unspecified atom stereocenters. The van der Waals surface area contributed by atoms with E-state index in [1.54, 1.807) is 6.07 Å². The van der Waals surface area contributed by atoms with Gasteiger partial charge in [0.25, 0.3) is 0 Å². The molecule has 0 spiro atoms. The molecule has 4 heteroatoms. The highest BCUT2D eigenvalue weighted by molar-refractivity contribution is 6.30. The summed E-state index contributed by atoms with van der Waals surface area (Å²) in [5, 5.41) is 4.45. The van der Waals surface area contributed by atoms with Gasteiger partial charge in [-0.05, 0) is 0 Å². The van der Waals surface area contributed by atoms with Crippen molar-refractivity contribution in [2.45, 2.75) is 6.92 Å². The van der Waals surface area contributed by atoms with Gasteiger partial charge in [-0.2, -0.15) is 9.78 Å². The summed E-state index contributed by atoms with van der Waals surface area (Å²) in [4.78, 5) is 11.1. The van der Waals surface area contributed by atoms with E-state index in [0.717, 1.165) is 5.56 Å². The van der Waals surface area contributed by atoms with Crippen LogP contribution in [0.5, 0.6) is 0 Å². The molecule has 0 saturated carbocycles. The molecule has 15 heavy (non-hydrogen) atoms. The van der Waals surface area contributed by atoms with Crippen molar-refractivity contribution >= 4 is 17.5 Å². The molecule has 2 rings (SSSR count). The van der Waals surface area contributed by atoms with Crippen LogP contribution in [0.4, 0.5) is 0 Å². The number of benzene rings is 1. The number of carbonyl (C=O) groups excluding carboxylic acids is 1. The Labute approximate surface area is 92.3 Å². The monoisotopic (exact) mass is 220 g/mol. The van der Waals surface area contributed by atoms with Crippen molar-refractivity contribution in [2.75, 3.05) is 0 Å². The first kappa shape index (κ1) is 9.93. The molecule has 0 saturated heterocycles. The van der Waals surface area contributed by atoms with Gasteiger partial charge in [-0.3, -0.25) is 4.79 Å². The second-order valence-corrected chi connectivity index (χ2v) is 3.54. The fourth-order valence-electron chi connectivity index (χ4n) is 1.33. The van der Waals surface area contributed by atoms with Crippen LogP contribution in [0.3, 0.4) is 0 Å². The Morgan fingerprint density at radius 3 is 2.53 bits per heavy atom. The normalized spacial score (nSPS) is 10.3. The van der Waals surface area contributed by atoms with Crippen molar-refractivity contribution in [3.63, 3.8) is 0 Å². The average molecular weight is 221 g/mol. The zero-order valence-corrected chi connectivity index (χ0v) is 8.90. The Morgan fingerprint density at radius 2 is 2.00 bits per heavy atom. The first-order valence-corrected chi connectivity index (χ1v) is 4.88. The molecule has 0 aliphatic rings. The lowest BCUT2D eigenvalue weighted by molar-refractivity contribution is 0.0922. The highest BCUT2D eigenvalue weighted by atomic mass is 35.5. The zero-order chi connectivity index (χ0) is 10.8. The highest BCUT2D eigenvalue weighted by Gasteiger charge is 2.09. The Kier molecular flexibility index (Phi) is 2.56. The molecule has 0 bridgehead atoms. The maximum absolute atomic E-state index is 11.1. The van der Waals surface area contributed by atoms with Gasteiger partial charge in [-0.25, -0.2) is 0 Å². The van der Waals surface area contributed by atoms with Crippen molar-refractivity contribution in [3.8, 4) is 11.3 Å². The number of hydrogen-bond acceptors (Lipinski definition) is 2. The third-order valence-corrected chi connectivity index (χ3v) is 2.30. The summed E-state index contributed by atoms with van der Waals surface area (Å²) in [6.07, 6.45) is 0. The van der Waals surface area contributed by atoms with Crippen molar-refractivity contribution in [1.82, 2.24) is 9.78 Å². The molecular weight excluding hydrogens is 212 g/mol. The second kappa shape index (κ2) is 3.87. The third kappa shape index (κ3) is 1.92. The van der Waals surface area contributed by atoms with E-state index in [1.807, 2.05) is 30.3 Å². The summed E-state index contributed by atoms with van der Waals surface area (Å²) in [7, 11) is 0. The molecule has 0 aliphatic heterocycles. The first-order chi connectivity index (χ1) is 7.18. The molecule has 0 N–H and O–H groups in total. The first-order valence-electron chi connectivity index (χ1n) is 4.50. The summed E-state index contributed by atoms with van der Waals surface area (Å²) in [6.45, 7) is 1.42. The lowest BCUT2D eigenvalue weighted by Crippen LogP contribution is -2.07. The predicted molar refractivity (Wildman–Crippen MR) is 59.0 cm³/mol. The largest absolute Gasteiger partial charge is 0.273 e. The smallest absolute Gasteiger partial charge is 0.245 e. The van der Waals surface area contributed by atoms with E-state index >= 15 is 0 Å². The Balaban J connectivity index is 2.48. The molecule has 76 valence electrons. The van der Waals surface area contributed by atoms with E-state index < -0.39 is 0 Å². The molecule has 0 aliphatic carbocycles. The molecule has 3 nitrogen and oxygen atoms in total. The van der Waals surface area contributed by atoms with Crippen molar-refractivity contribution in [3.05, 3.63) is 41.6 Å². The molecule has 1 aromatic heterocycles.